The minimum absolute atomic E-state index is 0.348. The fraction of sp³-hybridized carbons (Fsp3) is 0.250. The number of benzene rings is 1. The normalized spacial score (nSPS) is 10.7. The molecule has 0 fully saturated rings. The molecule has 1 aromatic heterocycles. The molecule has 0 aliphatic rings. The molecule has 16 heavy (non-hydrogen) atoms. The van der Waals surface area contributed by atoms with Gasteiger partial charge in [0.15, 0.2) is 0 Å². The highest BCUT2D eigenvalue weighted by Gasteiger charge is 2.16. The van der Waals surface area contributed by atoms with Crippen LogP contribution >= 0.6 is 15.9 Å². The van der Waals surface area contributed by atoms with Crippen molar-refractivity contribution in [1.82, 2.24) is 0 Å². The van der Waals surface area contributed by atoms with Gasteiger partial charge >= 0.3 is 5.97 Å². The zero-order chi connectivity index (χ0) is 11.7. The summed E-state index contributed by atoms with van der Waals surface area (Å²) in [5.74, 6) is -0.348. The third-order valence-electron chi connectivity index (χ3n) is 2.27. The molecule has 1 aromatic carbocycles. The molecule has 0 saturated carbocycles. The van der Waals surface area contributed by atoms with E-state index in [1.807, 2.05) is 19.1 Å². The van der Waals surface area contributed by atoms with Gasteiger partial charge in [0.2, 0.25) is 0 Å². The monoisotopic (exact) mass is 282 g/mol. The van der Waals surface area contributed by atoms with Crippen LogP contribution in [0, 0.1) is 6.92 Å². The lowest BCUT2D eigenvalue weighted by molar-refractivity contribution is 0.0527. The van der Waals surface area contributed by atoms with Gasteiger partial charge in [0, 0.05) is 5.39 Å². The molecule has 0 atom stereocenters. The highest BCUT2D eigenvalue weighted by molar-refractivity contribution is 9.10. The van der Waals surface area contributed by atoms with Gasteiger partial charge in [-0.15, -0.1) is 0 Å². The fourth-order valence-corrected chi connectivity index (χ4v) is 2.27. The van der Waals surface area contributed by atoms with E-state index in [9.17, 15) is 4.79 Å². The summed E-state index contributed by atoms with van der Waals surface area (Å²) in [4.78, 5) is 11.6. The van der Waals surface area contributed by atoms with Gasteiger partial charge in [-0.1, -0.05) is 0 Å². The van der Waals surface area contributed by atoms with Gasteiger partial charge in [-0.05, 0) is 47.5 Å². The number of hydrogen-bond donors (Lipinski definition) is 0. The van der Waals surface area contributed by atoms with Gasteiger partial charge in [0.1, 0.15) is 17.4 Å². The summed E-state index contributed by atoms with van der Waals surface area (Å²) in [6.07, 6.45) is 1.44. The highest BCUT2D eigenvalue weighted by Crippen LogP contribution is 2.30. The summed E-state index contributed by atoms with van der Waals surface area (Å²) in [7, 11) is 0. The van der Waals surface area contributed by atoms with Crippen LogP contribution in [-0.4, -0.2) is 12.6 Å². The first kappa shape index (κ1) is 11.2. The Balaban J connectivity index is 2.60. The Morgan fingerprint density at radius 1 is 1.50 bits per heavy atom. The molecule has 0 saturated heterocycles. The maximum atomic E-state index is 11.6. The maximum absolute atomic E-state index is 11.6. The number of rotatable bonds is 2. The van der Waals surface area contributed by atoms with Crippen LogP contribution in [0.1, 0.15) is 22.8 Å². The van der Waals surface area contributed by atoms with Gasteiger partial charge in [0.25, 0.3) is 0 Å². The van der Waals surface area contributed by atoms with Crippen LogP contribution < -0.4 is 0 Å². The van der Waals surface area contributed by atoms with Gasteiger partial charge in [-0.2, -0.15) is 0 Å². The van der Waals surface area contributed by atoms with E-state index < -0.39 is 0 Å². The van der Waals surface area contributed by atoms with Crippen molar-refractivity contribution in [2.75, 3.05) is 6.61 Å². The Hall–Kier alpha value is -1.29. The minimum atomic E-state index is -0.348. The maximum Gasteiger partial charge on any atom is 0.342 e. The third kappa shape index (κ3) is 1.85. The highest BCUT2D eigenvalue weighted by atomic mass is 79.9. The molecule has 2 aromatic rings. The second kappa shape index (κ2) is 4.29. The van der Waals surface area contributed by atoms with Crippen LogP contribution in [0.2, 0.25) is 0 Å². The van der Waals surface area contributed by atoms with Crippen LogP contribution in [0.3, 0.4) is 0 Å². The van der Waals surface area contributed by atoms with Gasteiger partial charge < -0.3 is 9.15 Å². The van der Waals surface area contributed by atoms with Crippen molar-refractivity contribution in [2.45, 2.75) is 13.8 Å². The molecule has 0 amide bonds. The predicted octanol–water partition coefficient (Wildman–Crippen LogP) is 3.68. The minimum Gasteiger partial charge on any atom is -0.462 e. The average molecular weight is 283 g/mol. The zero-order valence-electron chi connectivity index (χ0n) is 9.04. The van der Waals surface area contributed by atoms with E-state index in [2.05, 4.69) is 15.9 Å². The number of hydrogen-bond acceptors (Lipinski definition) is 3. The van der Waals surface area contributed by atoms with E-state index >= 15 is 0 Å². The quantitative estimate of drug-likeness (QED) is 0.789. The van der Waals surface area contributed by atoms with Crippen LogP contribution in [-0.2, 0) is 4.74 Å². The van der Waals surface area contributed by atoms with Crippen molar-refractivity contribution in [3.8, 4) is 0 Å². The summed E-state index contributed by atoms with van der Waals surface area (Å²) < 4.78 is 11.2. The first-order valence-corrected chi connectivity index (χ1v) is 5.77. The van der Waals surface area contributed by atoms with E-state index in [-0.39, 0.29) is 5.97 Å². The van der Waals surface area contributed by atoms with E-state index in [0.29, 0.717) is 17.8 Å². The lowest BCUT2D eigenvalue weighted by Crippen LogP contribution is -2.03. The van der Waals surface area contributed by atoms with Gasteiger partial charge in [-0.3, -0.25) is 0 Å². The van der Waals surface area contributed by atoms with Gasteiger partial charge in [-0.25, -0.2) is 4.79 Å². The Morgan fingerprint density at radius 3 is 2.94 bits per heavy atom. The smallest absolute Gasteiger partial charge is 0.342 e. The molecule has 0 aliphatic carbocycles. The summed E-state index contributed by atoms with van der Waals surface area (Å²) in [5, 5.41) is 0.783. The lowest BCUT2D eigenvalue weighted by Gasteiger charge is -2.00. The van der Waals surface area contributed by atoms with Crippen LogP contribution in [0.5, 0.6) is 0 Å². The van der Waals surface area contributed by atoms with Gasteiger partial charge in [0.05, 0.1) is 11.1 Å². The van der Waals surface area contributed by atoms with E-state index in [0.717, 1.165) is 15.4 Å². The van der Waals surface area contributed by atoms with E-state index in [1.54, 1.807) is 6.92 Å². The second-order valence-electron chi connectivity index (χ2n) is 3.49. The first-order chi connectivity index (χ1) is 7.63. The average Bonchev–Trinajstić information content (AvgIpc) is 2.61. The molecule has 0 bridgehead atoms. The summed E-state index contributed by atoms with van der Waals surface area (Å²) in [6, 6.07) is 3.86. The zero-order valence-corrected chi connectivity index (χ0v) is 10.6. The number of halogens is 1. The molecule has 2 rings (SSSR count). The van der Waals surface area contributed by atoms with Crippen LogP contribution in [0.25, 0.3) is 11.0 Å². The first-order valence-electron chi connectivity index (χ1n) is 4.98. The van der Waals surface area contributed by atoms with Crippen LogP contribution in [0.15, 0.2) is 27.3 Å². The van der Waals surface area contributed by atoms with Crippen molar-refractivity contribution < 1.29 is 13.9 Å². The van der Waals surface area contributed by atoms with Crippen molar-refractivity contribution in [3.05, 3.63) is 34.0 Å². The number of carbonyl (C=O) groups excluding carboxylic acids is 1. The van der Waals surface area contributed by atoms with Crippen LogP contribution in [0.4, 0.5) is 0 Å². The topological polar surface area (TPSA) is 39.4 Å². The molecule has 0 aliphatic heterocycles. The predicted molar refractivity (Wildman–Crippen MR) is 64.6 cm³/mol. The van der Waals surface area contributed by atoms with E-state index in [1.165, 1.54) is 6.26 Å². The van der Waals surface area contributed by atoms with Crippen molar-refractivity contribution in [2.24, 2.45) is 0 Å². The van der Waals surface area contributed by atoms with E-state index in [4.69, 9.17) is 9.15 Å². The largest absolute Gasteiger partial charge is 0.462 e. The summed E-state index contributed by atoms with van der Waals surface area (Å²) in [6.45, 7) is 4.10. The van der Waals surface area contributed by atoms with Crippen molar-refractivity contribution in [1.29, 1.82) is 0 Å². The molecule has 0 spiro atoms. The molecule has 84 valence electrons. The molecule has 0 radical (unpaired) electrons. The summed E-state index contributed by atoms with van der Waals surface area (Å²) >= 11 is 3.40. The Kier molecular flexibility index (Phi) is 3.01. The molecule has 3 nitrogen and oxygen atoms in total. The SMILES string of the molecule is CCOC(=O)c1coc2c(Br)cc(C)cc12. The summed E-state index contributed by atoms with van der Waals surface area (Å²) in [5.41, 5.74) is 2.21. The Morgan fingerprint density at radius 2 is 2.25 bits per heavy atom. The van der Waals surface area contributed by atoms with Crippen molar-refractivity contribution in [3.63, 3.8) is 0 Å². The standard InChI is InChI=1S/C12H11BrO3/c1-3-15-12(14)9-6-16-11-8(9)4-7(2)5-10(11)13/h4-6H,3H2,1-2H3. The lowest BCUT2D eigenvalue weighted by atomic mass is 10.1. The second-order valence-corrected chi connectivity index (χ2v) is 4.35. The van der Waals surface area contributed by atoms with Crippen molar-refractivity contribution >= 4 is 32.9 Å². The molecule has 0 unspecified atom stereocenters. The number of fused-ring (bicyclic) bond motifs is 1. The third-order valence-corrected chi connectivity index (χ3v) is 2.86. The number of esters is 1. The Labute approximate surface area is 102 Å². The Bertz CT molecular complexity index is 542. The molecular formula is C12H11BrO3. The molecule has 0 N–H and O–H groups in total. The number of furan rings is 1. The molecular weight excluding hydrogens is 272 g/mol. The number of carbonyl (C=O) groups is 1. The number of aryl methyl sites for hydroxylation is 1. The molecule has 4 heteroatoms. The fourth-order valence-electron chi connectivity index (χ4n) is 1.60. The molecule has 1 heterocycles. The number of ether oxygens (including phenoxy) is 1.